The highest BCUT2D eigenvalue weighted by Gasteiger charge is 1.97. The predicted octanol–water partition coefficient (Wildman–Crippen LogP) is 3.24. The minimum Gasteiger partial charge on any atom is -0.381 e. The van der Waals surface area contributed by atoms with E-state index in [2.05, 4.69) is 49.3 Å². The Balaban J connectivity index is 2.27. The van der Waals surface area contributed by atoms with E-state index in [1.54, 1.807) is 0 Å². The summed E-state index contributed by atoms with van der Waals surface area (Å²) in [5.41, 5.74) is 9.28. The van der Waals surface area contributed by atoms with Gasteiger partial charge in [-0.1, -0.05) is 19.4 Å². The topological polar surface area (TPSA) is 59.6 Å². The van der Waals surface area contributed by atoms with Crippen LogP contribution in [0, 0.1) is 13.8 Å². The summed E-state index contributed by atoms with van der Waals surface area (Å²) < 4.78 is 5.48. The number of anilines is 1. The van der Waals surface area contributed by atoms with Gasteiger partial charge in [0.15, 0.2) is 5.96 Å². The minimum atomic E-state index is 0.462. The van der Waals surface area contributed by atoms with Crippen molar-refractivity contribution >= 4 is 11.6 Å². The number of nitrogens with two attached hydrogens (primary N) is 1. The van der Waals surface area contributed by atoms with Gasteiger partial charge in [-0.15, -0.1) is 0 Å². The molecule has 0 spiro atoms. The number of aryl methyl sites for hydroxylation is 2. The third-order valence-electron chi connectivity index (χ3n) is 2.87. The smallest absolute Gasteiger partial charge is 0.193 e. The first kappa shape index (κ1) is 16.5. The Morgan fingerprint density at radius 3 is 2.45 bits per heavy atom. The van der Waals surface area contributed by atoms with Crippen LogP contribution in [0.5, 0.6) is 0 Å². The Morgan fingerprint density at radius 2 is 1.80 bits per heavy atom. The molecule has 1 rings (SSSR count). The summed E-state index contributed by atoms with van der Waals surface area (Å²) in [6.45, 7) is 8.58. The number of hydrogen-bond donors (Lipinski definition) is 2. The molecule has 1 aromatic carbocycles. The predicted molar refractivity (Wildman–Crippen MR) is 86.4 cm³/mol. The van der Waals surface area contributed by atoms with E-state index in [4.69, 9.17) is 10.5 Å². The molecule has 3 N–H and O–H groups in total. The standard InChI is InChI=1S/C16H27N3O/c1-4-5-8-20-9-6-7-18-16(17)19-15-11-13(2)10-14(3)12-15/h10-12H,4-9H2,1-3H3,(H3,17,18,19). The number of benzene rings is 1. The summed E-state index contributed by atoms with van der Waals surface area (Å²) in [7, 11) is 0. The molecule has 0 aliphatic heterocycles. The van der Waals surface area contributed by atoms with Gasteiger partial charge in [0.2, 0.25) is 0 Å². The molecule has 0 unspecified atom stereocenters. The summed E-state index contributed by atoms with van der Waals surface area (Å²) in [5, 5.41) is 3.12. The number of hydrogen-bond acceptors (Lipinski definition) is 2. The molecular formula is C16H27N3O. The number of aliphatic imine (C=N–C) groups is 1. The molecule has 0 heterocycles. The van der Waals surface area contributed by atoms with Gasteiger partial charge < -0.3 is 15.8 Å². The Labute approximate surface area is 122 Å². The molecule has 0 aliphatic carbocycles. The van der Waals surface area contributed by atoms with Gasteiger partial charge in [-0.2, -0.15) is 0 Å². The number of rotatable bonds is 8. The monoisotopic (exact) mass is 277 g/mol. The highest BCUT2D eigenvalue weighted by molar-refractivity contribution is 5.92. The van der Waals surface area contributed by atoms with Crippen LogP contribution in [0.3, 0.4) is 0 Å². The van der Waals surface area contributed by atoms with Crippen molar-refractivity contribution in [1.82, 2.24) is 0 Å². The van der Waals surface area contributed by atoms with Gasteiger partial charge in [-0.25, -0.2) is 0 Å². The highest BCUT2D eigenvalue weighted by Crippen LogP contribution is 2.13. The molecule has 0 amide bonds. The third kappa shape index (κ3) is 7.14. The quantitative estimate of drug-likeness (QED) is 0.436. The molecule has 1 aromatic rings. The fourth-order valence-corrected chi connectivity index (χ4v) is 1.95. The lowest BCUT2D eigenvalue weighted by molar-refractivity contribution is 0.130. The van der Waals surface area contributed by atoms with E-state index >= 15 is 0 Å². The SMILES string of the molecule is CCCCOCCCN=C(N)Nc1cc(C)cc(C)c1. The van der Waals surface area contributed by atoms with Gasteiger partial charge in [0, 0.05) is 25.4 Å². The van der Waals surface area contributed by atoms with Crippen molar-refractivity contribution in [3.05, 3.63) is 29.3 Å². The van der Waals surface area contributed by atoms with Crippen molar-refractivity contribution in [2.45, 2.75) is 40.0 Å². The van der Waals surface area contributed by atoms with Crippen molar-refractivity contribution in [3.63, 3.8) is 0 Å². The highest BCUT2D eigenvalue weighted by atomic mass is 16.5. The summed E-state index contributed by atoms with van der Waals surface area (Å²) in [5.74, 6) is 0.462. The second kappa shape index (κ2) is 9.37. The van der Waals surface area contributed by atoms with E-state index in [0.29, 0.717) is 12.5 Å². The molecule has 0 aromatic heterocycles. The summed E-state index contributed by atoms with van der Waals surface area (Å²) in [6, 6.07) is 6.25. The van der Waals surface area contributed by atoms with Gasteiger partial charge >= 0.3 is 0 Å². The number of unbranched alkanes of at least 4 members (excludes halogenated alkanes) is 1. The molecule has 4 nitrogen and oxygen atoms in total. The van der Waals surface area contributed by atoms with Crippen LogP contribution in [0.2, 0.25) is 0 Å². The van der Waals surface area contributed by atoms with E-state index < -0.39 is 0 Å². The molecule has 0 bridgehead atoms. The van der Waals surface area contributed by atoms with E-state index in [1.807, 2.05) is 0 Å². The summed E-state index contributed by atoms with van der Waals surface area (Å²) >= 11 is 0. The summed E-state index contributed by atoms with van der Waals surface area (Å²) in [4.78, 5) is 4.30. The molecular weight excluding hydrogens is 250 g/mol. The van der Waals surface area contributed by atoms with Crippen LogP contribution < -0.4 is 11.1 Å². The van der Waals surface area contributed by atoms with Crippen molar-refractivity contribution in [3.8, 4) is 0 Å². The lowest BCUT2D eigenvalue weighted by Gasteiger charge is -2.08. The molecule has 0 aliphatic rings. The Kier molecular flexibility index (Phi) is 7.73. The molecule has 20 heavy (non-hydrogen) atoms. The largest absolute Gasteiger partial charge is 0.381 e. The van der Waals surface area contributed by atoms with Crippen LogP contribution in [0.15, 0.2) is 23.2 Å². The first-order chi connectivity index (χ1) is 9.61. The van der Waals surface area contributed by atoms with Crippen LogP contribution in [0.25, 0.3) is 0 Å². The van der Waals surface area contributed by atoms with Gasteiger partial charge in [-0.05, 0) is 49.9 Å². The zero-order valence-electron chi connectivity index (χ0n) is 12.9. The lowest BCUT2D eigenvalue weighted by atomic mass is 10.1. The van der Waals surface area contributed by atoms with Gasteiger partial charge in [0.05, 0.1) is 0 Å². The van der Waals surface area contributed by atoms with Crippen molar-refractivity contribution in [2.75, 3.05) is 25.1 Å². The Hall–Kier alpha value is -1.55. The molecule has 4 heteroatoms. The van der Waals surface area contributed by atoms with Crippen molar-refractivity contribution in [2.24, 2.45) is 10.7 Å². The number of nitrogens with one attached hydrogen (secondary N) is 1. The van der Waals surface area contributed by atoms with E-state index in [-0.39, 0.29) is 0 Å². The third-order valence-corrected chi connectivity index (χ3v) is 2.87. The Morgan fingerprint density at radius 1 is 1.15 bits per heavy atom. The molecule has 0 atom stereocenters. The maximum Gasteiger partial charge on any atom is 0.193 e. The van der Waals surface area contributed by atoms with Crippen LogP contribution in [-0.2, 0) is 4.74 Å². The van der Waals surface area contributed by atoms with Gasteiger partial charge in [-0.3, -0.25) is 4.99 Å². The van der Waals surface area contributed by atoms with Crippen LogP contribution in [0.4, 0.5) is 5.69 Å². The Bertz CT molecular complexity index is 409. The van der Waals surface area contributed by atoms with Gasteiger partial charge in [0.25, 0.3) is 0 Å². The van der Waals surface area contributed by atoms with Crippen molar-refractivity contribution < 1.29 is 4.74 Å². The maximum absolute atomic E-state index is 5.87. The number of ether oxygens (including phenoxy) is 1. The average molecular weight is 277 g/mol. The molecule has 0 radical (unpaired) electrons. The lowest BCUT2D eigenvalue weighted by Crippen LogP contribution is -2.23. The van der Waals surface area contributed by atoms with E-state index in [1.165, 1.54) is 17.5 Å². The zero-order chi connectivity index (χ0) is 14.8. The minimum absolute atomic E-state index is 0.462. The molecule has 112 valence electrons. The van der Waals surface area contributed by atoms with Crippen LogP contribution in [-0.4, -0.2) is 25.7 Å². The average Bonchev–Trinajstić information content (AvgIpc) is 2.36. The molecule has 0 saturated carbocycles. The fourth-order valence-electron chi connectivity index (χ4n) is 1.95. The van der Waals surface area contributed by atoms with Crippen LogP contribution >= 0.6 is 0 Å². The fraction of sp³-hybridized carbons (Fsp3) is 0.562. The maximum atomic E-state index is 5.87. The summed E-state index contributed by atoms with van der Waals surface area (Å²) in [6.07, 6.45) is 3.20. The molecule has 0 fully saturated rings. The molecule has 0 saturated heterocycles. The van der Waals surface area contributed by atoms with Gasteiger partial charge in [0.1, 0.15) is 0 Å². The van der Waals surface area contributed by atoms with E-state index in [9.17, 15) is 0 Å². The first-order valence-corrected chi connectivity index (χ1v) is 7.35. The van der Waals surface area contributed by atoms with E-state index in [0.717, 1.165) is 31.7 Å². The normalized spacial score (nSPS) is 11.7. The van der Waals surface area contributed by atoms with Crippen molar-refractivity contribution in [1.29, 1.82) is 0 Å². The first-order valence-electron chi connectivity index (χ1n) is 7.35. The zero-order valence-corrected chi connectivity index (χ0v) is 12.9. The second-order valence-corrected chi connectivity index (χ2v) is 5.09. The second-order valence-electron chi connectivity index (χ2n) is 5.09. The number of guanidine groups is 1. The van der Waals surface area contributed by atoms with Crippen LogP contribution in [0.1, 0.15) is 37.3 Å². The number of nitrogens with zero attached hydrogens (tertiary/aromatic N) is 1.